The van der Waals surface area contributed by atoms with Crippen LogP contribution in [0.2, 0.25) is 0 Å². The first kappa shape index (κ1) is 21.4. The summed E-state index contributed by atoms with van der Waals surface area (Å²) >= 11 is 0. The monoisotopic (exact) mass is 377 g/mol. The van der Waals surface area contributed by atoms with Gasteiger partial charge in [0.05, 0.1) is 26.9 Å². The molecular formula is C21H35N3O3. The maximum Gasteiger partial charge on any atom is 0.191 e. The summed E-state index contributed by atoms with van der Waals surface area (Å²) in [5, 5.41) is 17.4. The lowest BCUT2D eigenvalue weighted by atomic mass is 9.84. The van der Waals surface area contributed by atoms with Crippen LogP contribution in [0.3, 0.4) is 0 Å². The molecule has 1 aromatic rings. The molecule has 3 atom stereocenters. The molecule has 1 aliphatic rings. The van der Waals surface area contributed by atoms with Crippen LogP contribution in [0, 0.1) is 5.92 Å². The number of aliphatic hydroxyl groups is 1. The van der Waals surface area contributed by atoms with Gasteiger partial charge in [-0.25, -0.2) is 0 Å². The number of rotatable bonds is 8. The van der Waals surface area contributed by atoms with Crippen molar-refractivity contribution < 1.29 is 14.6 Å². The Balaban J connectivity index is 2.00. The SMILES string of the molecule is CCNC(=NCC(O)c1ccc(OC)c(OC)c1)NC1CCCC(CC)C1. The number of aliphatic hydroxyl groups excluding tert-OH is 1. The molecule has 0 aliphatic heterocycles. The summed E-state index contributed by atoms with van der Waals surface area (Å²) < 4.78 is 10.6. The molecule has 3 unspecified atom stereocenters. The van der Waals surface area contributed by atoms with Crippen molar-refractivity contribution in [3.05, 3.63) is 23.8 Å². The van der Waals surface area contributed by atoms with Gasteiger partial charge in [-0.3, -0.25) is 4.99 Å². The van der Waals surface area contributed by atoms with E-state index in [2.05, 4.69) is 29.5 Å². The summed E-state index contributed by atoms with van der Waals surface area (Å²) in [7, 11) is 3.19. The van der Waals surface area contributed by atoms with Crippen LogP contribution >= 0.6 is 0 Å². The van der Waals surface area contributed by atoms with Gasteiger partial charge in [-0.05, 0) is 43.4 Å². The molecule has 27 heavy (non-hydrogen) atoms. The maximum atomic E-state index is 10.5. The van der Waals surface area contributed by atoms with Crippen LogP contribution in [0.1, 0.15) is 57.6 Å². The second kappa shape index (κ2) is 11.0. The van der Waals surface area contributed by atoms with Gasteiger partial charge in [0.2, 0.25) is 0 Å². The van der Waals surface area contributed by atoms with Gasteiger partial charge in [0.1, 0.15) is 0 Å². The number of hydrogen-bond acceptors (Lipinski definition) is 4. The zero-order valence-corrected chi connectivity index (χ0v) is 17.1. The number of ether oxygens (including phenoxy) is 2. The first-order valence-corrected chi connectivity index (χ1v) is 10.1. The Morgan fingerprint density at radius 3 is 2.67 bits per heavy atom. The van der Waals surface area contributed by atoms with Gasteiger partial charge in [-0.15, -0.1) is 0 Å². The summed E-state index contributed by atoms with van der Waals surface area (Å²) in [5.74, 6) is 2.83. The molecule has 0 saturated heterocycles. The van der Waals surface area contributed by atoms with E-state index in [1.54, 1.807) is 26.4 Å². The Hall–Kier alpha value is -1.95. The number of nitrogens with one attached hydrogen (secondary N) is 2. The highest BCUT2D eigenvalue weighted by molar-refractivity contribution is 5.80. The van der Waals surface area contributed by atoms with E-state index in [0.29, 0.717) is 17.5 Å². The van der Waals surface area contributed by atoms with Crippen LogP contribution in [0.15, 0.2) is 23.2 Å². The normalized spacial score (nSPS) is 21.4. The van der Waals surface area contributed by atoms with Gasteiger partial charge in [0.25, 0.3) is 0 Å². The third kappa shape index (κ3) is 6.31. The quantitative estimate of drug-likeness (QED) is 0.479. The molecule has 3 N–H and O–H groups in total. The lowest BCUT2D eigenvalue weighted by Gasteiger charge is -2.30. The molecule has 0 bridgehead atoms. The van der Waals surface area contributed by atoms with E-state index in [1.165, 1.54) is 32.1 Å². The highest BCUT2D eigenvalue weighted by Crippen LogP contribution is 2.30. The van der Waals surface area contributed by atoms with Crippen LogP contribution < -0.4 is 20.1 Å². The maximum absolute atomic E-state index is 10.5. The number of methoxy groups -OCH3 is 2. The fourth-order valence-corrected chi connectivity index (χ4v) is 3.65. The second-order valence-corrected chi connectivity index (χ2v) is 7.13. The summed E-state index contributed by atoms with van der Waals surface area (Å²) in [6, 6.07) is 5.90. The van der Waals surface area contributed by atoms with Crippen molar-refractivity contribution in [1.29, 1.82) is 0 Å². The number of benzene rings is 1. The van der Waals surface area contributed by atoms with E-state index in [0.717, 1.165) is 24.0 Å². The van der Waals surface area contributed by atoms with Gasteiger partial charge in [-0.1, -0.05) is 32.3 Å². The average molecular weight is 378 g/mol. The summed E-state index contributed by atoms with van der Waals surface area (Å²) in [5.41, 5.74) is 0.760. The third-order valence-electron chi connectivity index (χ3n) is 5.26. The molecule has 1 aliphatic carbocycles. The Morgan fingerprint density at radius 1 is 1.22 bits per heavy atom. The molecule has 6 heteroatoms. The molecule has 0 amide bonds. The highest BCUT2D eigenvalue weighted by atomic mass is 16.5. The third-order valence-corrected chi connectivity index (χ3v) is 5.26. The van der Waals surface area contributed by atoms with Crippen LogP contribution in [0.4, 0.5) is 0 Å². The minimum Gasteiger partial charge on any atom is -0.493 e. The van der Waals surface area contributed by atoms with E-state index >= 15 is 0 Å². The van der Waals surface area contributed by atoms with Gasteiger partial charge in [0.15, 0.2) is 17.5 Å². The standard InChI is InChI=1S/C21H35N3O3/c1-5-15-8-7-9-17(12-15)24-21(22-6-2)23-14-18(25)16-10-11-19(26-3)20(13-16)27-4/h10-11,13,15,17-18,25H,5-9,12,14H2,1-4H3,(H2,22,23,24). The predicted octanol–water partition coefficient (Wildman–Crippen LogP) is 3.26. The Labute approximate surface area is 163 Å². The van der Waals surface area contributed by atoms with Crippen molar-refractivity contribution >= 4 is 5.96 Å². The summed E-state index contributed by atoms with van der Waals surface area (Å²) in [6.45, 7) is 5.40. The zero-order valence-electron chi connectivity index (χ0n) is 17.1. The minimum atomic E-state index is -0.699. The first-order valence-electron chi connectivity index (χ1n) is 10.1. The van der Waals surface area contributed by atoms with Crippen molar-refractivity contribution in [1.82, 2.24) is 10.6 Å². The van der Waals surface area contributed by atoms with E-state index in [9.17, 15) is 5.11 Å². The molecule has 6 nitrogen and oxygen atoms in total. The predicted molar refractivity (Wildman–Crippen MR) is 110 cm³/mol. The van der Waals surface area contributed by atoms with Crippen LogP contribution in [-0.2, 0) is 0 Å². The van der Waals surface area contributed by atoms with Gasteiger partial charge < -0.3 is 25.2 Å². The van der Waals surface area contributed by atoms with Crippen molar-refractivity contribution in [3.8, 4) is 11.5 Å². The molecule has 0 radical (unpaired) electrons. The van der Waals surface area contributed by atoms with Crippen molar-refractivity contribution in [2.75, 3.05) is 27.3 Å². The molecule has 2 rings (SSSR count). The van der Waals surface area contributed by atoms with Crippen molar-refractivity contribution in [2.45, 2.75) is 58.1 Å². The smallest absolute Gasteiger partial charge is 0.191 e. The topological polar surface area (TPSA) is 75.1 Å². The van der Waals surface area contributed by atoms with Gasteiger partial charge in [-0.2, -0.15) is 0 Å². The zero-order chi connectivity index (χ0) is 19.6. The van der Waals surface area contributed by atoms with E-state index < -0.39 is 6.10 Å². The van der Waals surface area contributed by atoms with Gasteiger partial charge >= 0.3 is 0 Å². The molecule has 1 fully saturated rings. The summed E-state index contributed by atoms with van der Waals surface area (Å²) in [6.07, 6.45) is 5.52. The molecule has 152 valence electrons. The first-order chi connectivity index (χ1) is 13.1. The lowest BCUT2D eigenvalue weighted by molar-refractivity contribution is 0.186. The molecular weight excluding hydrogens is 342 g/mol. The lowest BCUT2D eigenvalue weighted by Crippen LogP contribution is -2.45. The average Bonchev–Trinajstić information content (AvgIpc) is 2.71. The van der Waals surface area contributed by atoms with E-state index in [-0.39, 0.29) is 6.54 Å². The molecule has 0 spiro atoms. The summed E-state index contributed by atoms with van der Waals surface area (Å²) in [4.78, 5) is 4.61. The molecule has 0 heterocycles. The fourth-order valence-electron chi connectivity index (χ4n) is 3.65. The Morgan fingerprint density at radius 2 is 2.00 bits per heavy atom. The second-order valence-electron chi connectivity index (χ2n) is 7.13. The Kier molecular flexibility index (Phi) is 8.72. The van der Waals surface area contributed by atoms with Crippen molar-refractivity contribution in [3.63, 3.8) is 0 Å². The minimum absolute atomic E-state index is 0.286. The molecule has 1 aromatic carbocycles. The van der Waals surface area contributed by atoms with E-state index in [1.807, 2.05) is 6.07 Å². The van der Waals surface area contributed by atoms with Crippen LogP contribution in [0.5, 0.6) is 11.5 Å². The van der Waals surface area contributed by atoms with Crippen molar-refractivity contribution in [2.24, 2.45) is 10.9 Å². The number of guanidine groups is 1. The number of hydrogen-bond donors (Lipinski definition) is 3. The number of aliphatic imine (C=N–C) groups is 1. The van der Waals surface area contributed by atoms with Crippen LogP contribution in [0.25, 0.3) is 0 Å². The van der Waals surface area contributed by atoms with E-state index in [4.69, 9.17) is 9.47 Å². The Bertz CT molecular complexity index is 606. The van der Waals surface area contributed by atoms with Crippen LogP contribution in [-0.4, -0.2) is 44.4 Å². The molecule has 0 aromatic heterocycles. The number of nitrogens with zero attached hydrogens (tertiary/aromatic N) is 1. The van der Waals surface area contributed by atoms with Gasteiger partial charge in [0, 0.05) is 12.6 Å². The molecule has 1 saturated carbocycles. The highest BCUT2D eigenvalue weighted by Gasteiger charge is 2.21. The largest absolute Gasteiger partial charge is 0.493 e. The fraction of sp³-hybridized carbons (Fsp3) is 0.667.